The molecule has 0 amide bonds. The molecule has 4 aliphatic rings. The topological polar surface area (TPSA) is 16.3 Å². The quantitative estimate of drug-likeness (QED) is 0.127. The number of para-hydroxylation sites is 4. The molecule has 0 saturated heterocycles. The van der Waals surface area contributed by atoms with E-state index in [1.54, 1.807) is 0 Å². The van der Waals surface area contributed by atoms with Crippen molar-refractivity contribution < 1.29 is 0 Å². The van der Waals surface area contributed by atoms with Crippen molar-refractivity contribution in [3.8, 4) is 55.9 Å². The molecule has 0 aliphatic heterocycles. The van der Waals surface area contributed by atoms with Crippen molar-refractivity contribution in [3.63, 3.8) is 0 Å². The molecule has 0 radical (unpaired) electrons. The summed E-state index contributed by atoms with van der Waals surface area (Å²) in [5.74, 6) is 0. The van der Waals surface area contributed by atoms with Crippen LogP contribution < -0.4 is 9.80 Å². The molecule has 0 atom stereocenters. The highest BCUT2D eigenvalue weighted by Crippen LogP contribution is 2.65. The summed E-state index contributed by atoms with van der Waals surface area (Å²) in [6, 6.07) is 140. The minimum absolute atomic E-state index is 0.485. The molecule has 4 aliphatic carbocycles. The van der Waals surface area contributed by atoms with Crippen LogP contribution in [0.3, 0.4) is 0 Å². The monoisotopic (exact) mass is 1320 g/mol. The minimum atomic E-state index is -0.485. The summed E-state index contributed by atoms with van der Waals surface area (Å²) in [6.45, 7) is 0. The normalized spacial score (nSPS) is 13.5. The molecule has 2 heterocycles. The minimum Gasteiger partial charge on any atom is -0.310 e. The smallest absolute Gasteiger partial charge is 0.0726 e. The maximum atomic E-state index is 2.49. The van der Waals surface area contributed by atoms with Gasteiger partial charge in [-0.15, -0.1) is 0 Å². The zero-order valence-electron chi connectivity index (χ0n) is 56.7. The molecule has 104 heavy (non-hydrogen) atoms. The average Bonchev–Trinajstić information content (AvgIpc) is 1.51. The fourth-order valence-corrected chi connectivity index (χ4v) is 18.9. The summed E-state index contributed by atoms with van der Waals surface area (Å²) in [6.07, 6.45) is 4.49. The predicted octanol–water partition coefficient (Wildman–Crippen LogP) is 25.7. The lowest BCUT2D eigenvalue weighted by Crippen LogP contribution is -2.26. The molecular weight excluding hydrogens is 1260 g/mol. The van der Waals surface area contributed by atoms with E-state index in [0.29, 0.717) is 0 Å². The number of hydrogen-bond acceptors (Lipinski definition) is 2. The molecule has 0 N–H and O–H groups in total. The van der Waals surface area contributed by atoms with Gasteiger partial charge in [-0.2, -0.15) is 0 Å². The molecule has 16 aromatic carbocycles. The molecule has 2 spiro atoms. The maximum Gasteiger partial charge on any atom is 0.0726 e. The molecule has 0 fully saturated rings. The van der Waals surface area contributed by atoms with Crippen LogP contribution in [0.4, 0.5) is 34.1 Å². The fraction of sp³-hybridized carbons (Fsp3) is 0.0200. The summed E-state index contributed by atoms with van der Waals surface area (Å²) in [5.41, 5.74) is 35.6. The number of nitrogens with zero attached hydrogens (tertiary/aromatic N) is 4. The van der Waals surface area contributed by atoms with Gasteiger partial charge in [-0.25, -0.2) is 0 Å². The van der Waals surface area contributed by atoms with Crippen LogP contribution in [-0.4, -0.2) is 9.13 Å². The second-order valence-corrected chi connectivity index (χ2v) is 28.2. The van der Waals surface area contributed by atoms with Gasteiger partial charge in [-0.1, -0.05) is 267 Å². The Bertz CT molecular complexity index is 5970. The molecule has 22 rings (SSSR count). The second-order valence-electron chi connectivity index (χ2n) is 28.2. The summed E-state index contributed by atoms with van der Waals surface area (Å²) in [4.78, 5) is 4.89. The van der Waals surface area contributed by atoms with Gasteiger partial charge in [0.25, 0.3) is 0 Å². The lowest BCUT2D eigenvalue weighted by molar-refractivity contribution is 0.793. The van der Waals surface area contributed by atoms with Crippen LogP contribution in [0.5, 0.6) is 0 Å². The molecule has 484 valence electrons. The Morgan fingerprint density at radius 1 is 0.192 bits per heavy atom. The molecule has 2 aromatic heterocycles. The van der Waals surface area contributed by atoms with Crippen LogP contribution in [0.15, 0.2) is 376 Å². The van der Waals surface area contributed by atoms with Gasteiger partial charge in [0.2, 0.25) is 0 Å². The summed E-state index contributed by atoms with van der Waals surface area (Å²) in [7, 11) is 0. The number of aromatic nitrogens is 2. The van der Waals surface area contributed by atoms with Crippen LogP contribution in [0.25, 0.3) is 112 Å². The van der Waals surface area contributed by atoms with Crippen molar-refractivity contribution in [3.05, 3.63) is 432 Å². The van der Waals surface area contributed by atoms with Gasteiger partial charge in [-0.3, -0.25) is 0 Å². The molecule has 18 aromatic rings. The van der Waals surface area contributed by atoms with E-state index in [4.69, 9.17) is 0 Å². The van der Waals surface area contributed by atoms with Crippen LogP contribution >= 0.6 is 0 Å². The van der Waals surface area contributed by atoms with Gasteiger partial charge < -0.3 is 18.9 Å². The van der Waals surface area contributed by atoms with E-state index in [9.17, 15) is 0 Å². The molecular formula is C100H64N4. The van der Waals surface area contributed by atoms with Crippen molar-refractivity contribution >= 4 is 89.9 Å². The van der Waals surface area contributed by atoms with Gasteiger partial charge in [0, 0.05) is 67.0 Å². The standard InChI is InChI=1S/C100H64N4/c1-11-31-87-75(21-1)76-22-2-12-32-88(76)99(87)91-35-15-5-25-79(91)81-61-59-73(63-93(81)99)101(69-51-55-71(56-52-69)103-95-37-17-7-27-83(95)84-28-8-18-38-96(84)103)67-47-43-65(44-48-67)41-42-66-45-49-68(50-46-66)102(70-53-57-72(58-54-70)104-97-39-19-9-29-85(97)86-30-10-20-40-98(86)104)74-60-62-82-80-26-6-16-36-92(80)100(94(82)64-74)89-33-13-3-23-77(89)78-24-4-14-34-90(78)100/h1-64H. The number of rotatable bonds is 10. The fourth-order valence-electron chi connectivity index (χ4n) is 18.9. The van der Waals surface area contributed by atoms with Crippen LogP contribution in [0.2, 0.25) is 0 Å². The van der Waals surface area contributed by atoms with Crippen molar-refractivity contribution in [2.75, 3.05) is 9.80 Å². The predicted molar refractivity (Wildman–Crippen MR) is 432 cm³/mol. The zero-order valence-corrected chi connectivity index (χ0v) is 56.7. The summed E-state index contributed by atoms with van der Waals surface area (Å²) in [5, 5.41) is 4.99. The van der Waals surface area contributed by atoms with Crippen LogP contribution in [0.1, 0.15) is 55.6 Å². The Kier molecular flexibility index (Phi) is 12.6. The van der Waals surface area contributed by atoms with E-state index in [0.717, 1.165) is 56.6 Å². The zero-order chi connectivity index (χ0) is 68.2. The number of benzene rings is 16. The maximum absolute atomic E-state index is 2.49. The third kappa shape index (κ3) is 8.19. The Balaban J connectivity index is 0.642. The van der Waals surface area contributed by atoms with Gasteiger partial charge in [0.1, 0.15) is 0 Å². The van der Waals surface area contributed by atoms with E-state index < -0.39 is 10.8 Å². The van der Waals surface area contributed by atoms with Crippen molar-refractivity contribution in [2.24, 2.45) is 0 Å². The lowest BCUT2D eigenvalue weighted by atomic mass is 9.70. The Labute approximate surface area is 603 Å². The first-order valence-electron chi connectivity index (χ1n) is 36.1. The summed E-state index contributed by atoms with van der Waals surface area (Å²) < 4.78 is 4.80. The highest BCUT2D eigenvalue weighted by atomic mass is 15.2. The molecule has 4 nitrogen and oxygen atoms in total. The Morgan fingerprint density at radius 3 is 0.692 bits per heavy atom. The highest BCUT2D eigenvalue weighted by molar-refractivity contribution is 6.11. The van der Waals surface area contributed by atoms with Crippen molar-refractivity contribution in [2.45, 2.75) is 10.8 Å². The van der Waals surface area contributed by atoms with E-state index >= 15 is 0 Å². The highest BCUT2D eigenvalue weighted by Gasteiger charge is 2.53. The first kappa shape index (κ1) is 58.3. The summed E-state index contributed by atoms with van der Waals surface area (Å²) >= 11 is 0. The lowest BCUT2D eigenvalue weighted by Gasteiger charge is -2.32. The van der Waals surface area contributed by atoms with Gasteiger partial charge in [-0.05, 0) is 221 Å². The van der Waals surface area contributed by atoms with Gasteiger partial charge >= 0.3 is 0 Å². The first-order chi connectivity index (χ1) is 51.6. The molecule has 0 saturated carbocycles. The second kappa shape index (κ2) is 22.5. The third-order valence-corrected chi connectivity index (χ3v) is 23.1. The van der Waals surface area contributed by atoms with Crippen LogP contribution in [-0.2, 0) is 10.8 Å². The number of anilines is 6. The first-order valence-corrected chi connectivity index (χ1v) is 36.1. The Morgan fingerprint density at radius 2 is 0.413 bits per heavy atom. The van der Waals surface area contributed by atoms with Gasteiger partial charge in [0.05, 0.1) is 32.9 Å². The van der Waals surface area contributed by atoms with E-state index in [-0.39, 0.29) is 0 Å². The number of hydrogen-bond donors (Lipinski definition) is 0. The van der Waals surface area contributed by atoms with E-state index in [2.05, 4.69) is 407 Å². The van der Waals surface area contributed by atoms with Crippen LogP contribution in [0, 0.1) is 0 Å². The molecule has 0 unspecified atom stereocenters. The van der Waals surface area contributed by atoms with E-state index in [1.165, 1.54) is 133 Å². The number of fused-ring (bicyclic) bond motifs is 26. The SMILES string of the molecule is C(=Cc1ccc(N(c2ccc(-n3c4ccccc4c4ccccc43)cc2)c2ccc3c(c2)C2(c4ccccc4-c4ccccc42)c2ccccc2-3)cc1)c1ccc(N(c2ccc(-n3c4ccccc4c4ccccc43)cc2)c2ccc3c(c2)C2(c4ccccc4-c4ccccc42)c2ccccc2-3)cc1. The third-order valence-electron chi connectivity index (χ3n) is 23.1. The van der Waals surface area contributed by atoms with E-state index in [1.807, 2.05) is 0 Å². The molecule has 0 bridgehead atoms. The van der Waals surface area contributed by atoms with Crippen molar-refractivity contribution in [1.82, 2.24) is 9.13 Å². The van der Waals surface area contributed by atoms with Crippen molar-refractivity contribution in [1.29, 1.82) is 0 Å². The van der Waals surface area contributed by atoms with Gasteiger partial charge in [0.15, 0.2) is 0 Å². The Hall–Kier alpha value is -13.5. The average molecular weight is 1320 g/mol. The largest absolute Gasteiger partial charge is 0.310 e. The molecule has 4 heteroatoms.